The van der Waals surface area contributed by atoms with Crippen molar-refractivity contribution in [2.75, 3.05) is 12.3 Å². The largest absolute Gasteiger partial charge is 0.461 e. The van der Waals surface area contributed by atoms with Crippen LogP contribution in [0.5, 0.6) is 0 Å². The molecule has 1 heterocycles. The number of pyridine rings is 1. The molecule has 0 unspecified atom stereocenters. The summed E-state index contributed by atoms with van der Waals surface area (Å²) in [7, 11) is 0. The third-order valence-corrected chi connectivity index (χ3v) is 4.88. The van der Waals surface area contributed by atoms with E-state index < -0.39 is 5.97 Å². The quantitative estimate of drug-likeness (QED) is 0.271. The molecule has 7 heteroatoms. The first-order chi connectivity index (χ1) is 11.5. The molecule has 0 radical (unpaired) electrons. The number of carbonyl (C=O) groups is 1. The van der Waals surface area contributed by atoms with Crippen LogP contribution in [0.15, 0.2) is 0 Å². The predicted molar refractivity (Wildman–Crippen MR) is 101 cm³/mol. The van der Waals surface area contributed by atoms with Crippen LogP contribution < -0.4 is 5.73 Å². The Labute approximate surface area is 159 Å². The van der Waals surface area contributed by atoms with Gasteiger partial charge in [-0.3, -0.25) is 0 Å². The number of nitrogens with zero attached hydrogens (tertiary/aromatic N) is 1. The number of esters is 1. The minimum Gasteiger partial charge on any atom is -0.461 e. The fourth-order valence-corrected chi connectivity index (χ4v) is 2.90. The summed E-state index contributed by atoms with van der Waals surface area (Å²) in [5, 5.41) is -0.0489. The van der Waals surface area contributed by atoms with E-state index in [0.29, 0.717) is 6.61 Å². The van der Waals surface area contributed by atoms with Gasteiger partial charge < -0.3 is 10.5 Å². The maximum Gasteiger partial charge on any atom is 0.358 e. The third kappa shape index (κ3) is 7.04. The summed E-state index contributed by atoms with van der Waals surface area (Å²) in [6.07, 6.45) is 10.8. The summed E-state index contributed by atoms with van der Waals surface area (Å²) in [6, 6.07) is 0. The maximum atomic E-state index is 12.0. The molecule has 0 saturated carbocycles. The fourth-order valence-electron chi connectivity index (χ4n) is 2.31. The van der Waals surface area contributed by atoms with Gasteiger partial charge in [0, 0.05) is 0 Å². The van der Waals surface area contributed by atoms with Crippen LogP contribution in [0.3, 0.4) is 0 Å². The first kappa shape index (κ1) is 21.3. The summed E-state index contributed by atoms with van der Waals surface area (Å²) in [5.41, 5.74) is 5.62. The van der Waals surface area contributed by atoms with E-state index >= 15 is 0 Å². The molecule has 1 rings (SSSR count). The van der Waals surface area contributed by atoms with E-state index in [4.69, 9.17) is 45.3 Å². The molecule has 0 aliphatic carbocycles. The van der Waals surface area contributed by atoms with E-state index in [1.165, 1.54) is 38.5 Å². The first-order valence-corrected chi connectivity index (χ1v) is 9.59. The zero-order valence-corrected chi connectivity index (χ0v) is 16.3. The van der Waals surface area contributed by atoms with Crippen molar-refractivity contribution in [1.82, 2.24) is 4.98 Å². The summed E-state index contributed by atoms with van der Waals surface area (Å²) >= 11 is 17.6. The van der Waals surface area contributed by atoms with Crippen LogP contribution in [-0.2, 0) is 4.74 Å². The van der Waals surface area contributed by atoms with E-state index in [1.807, 2.05) is 0 Å². The normalized spacial score (nSPS) is 10.8. The average molecular weight is 396 g/mol. The second-order valence-electron chi connectivity index (χ2n) is 5.76. The van der Waals surface area contributed by atoms with Crippen molar-refractivity contribution in [3.05, 3.63) is 20.9 Å². The number of hydrogen-bond acceptors (Lipinski definition) is 4. The van der Waals surface area contributed by atoms with Gasteiger partial charge in [-0.2, -0.15) is 0 Å². The molecule has 1 aromatic rings. The van der Waals surface area contributed by atoms with Gasteiger partial charge in [0.15, 0.2) is 10.8 Å². The number of rotatable bonds is 11. The molecular weight excluding hydrogens is 371 g/mol. The molecule has 0 spiro atoms. The highest BCUT2D eigenvalue weighted by Crippen LogP contribution is 2.34. The number of ether oxygens (including phenoxy) is 1. The Morgan fingerprint density at radius 3 is 2.08 bits per heavy atom. The third-order valence-electron chi connectivity index (χ3n) is 3.75. The highest BCUT2D eigenvalue weighted by atomic mass is 35.5. The Balaban J connectivity index is 2.23. The van der Waals surface area contributed by atoms with Gasteiger partial charge in [0.1, 0.15) is 5.02 Å². The molecule has 0 aliphatic heterocycles. The van der Waals surface area contributed by atoms with Crippen molar-refractivity contribution in [2.45, 2.75) is 64.7 Å². The number of aromatic nitrogens is 1. The lowest BCUT2D eigenvalue weighted by Gasteiger charge is -2.09. The van der Waals surface area contributed by atoms with E-state index in [0.717, 1.165) is 19.3 Å². The van der Waals surface area contributed by atoms with E-state index in [1.54, 1.807) is 0 Å². The Hall–Kier alpha value is -0.710. The van der Waals surface area contributed by atoms with Crippen LogP contribution in [0.2, 0.25) is 15.2 Å². The monoisotopic (exact) mass is 394 g/mol. The van der Waals surface area contributed by atoms with Gasteiger partial charge in [-0.15, -0.1) is 0 Å². The van der Waals surface area contributed by atoms with Crippen LogP contribution in [0, 0.1) is 0 Å². The molecule has 2 N–H and O–H groups in total. The molecule has 0 amide bonds. The lowest BCUT2D eigenvalue weighted by Crippen LogP contribution is -2.11. The van der Waals surface area contributed by atoms with Gasteiger partial charge in [0.2, 0.25) is 0 Å². The van der Waals surface area contributed by atoms with Crippen molar-refractivity contribution in [1.29, 1.82) is 0 Å². The van der Waals surface area contributed by atoms with Crippen LogP contribution in [-0.4, -0.2) is 17.6 Å². The molecule has 24 heavy (non-hydrogen) atoms. The molecule has 0 saturated heterocycles. The molecular formula is C17H25Cl3N2O2. The summed E-state index contributed by atoms with van der Waals surface area (Å²) in [4.78, 5) is 15.8. The smallest absolute Gasteiger partial charge is 0.358 e. The van der Waals surface area contributed by atoms with Gasteiger partial charge in [0.25, 0.3) is 0 Å². The van der Waals surface area contributed by atoms with Crippen molar-refractivity contribution in [3.8, 4) is 0 Å². The Morgan fingerprint density at radius 2 is 1.50 bits per heavy atom. The Morgan fingerprint density at radius 1 is 0.958 bits per heavy atom. The maximum absolute atomic E-state index is 12.0. The second kappa shape index (κ2) is 11.8. The zero-order valence-electron chi connectivity index (χ0n) is 14.0. The molecule has 0 aliphatic rings. The van der Waals surface area contributed by atoms with Crippen LogP contribution in [0.1, 0.15) is 75.2 Å². The van der Waals surface area contributed by atoms with E-state index in [-0.39, 0.29) is 26.6 Å². The molecule has 4 nitrogen and oxygen atoms in total. The van der Waals surface area contributed by atoms with Crippen LogP contribution >= 0.6 is 34.8 Å². The van der Waals surface area contributed by atoms with Gasteiger partial charge in [-0.25, -0.2) is 9.78 Å². The number of nitrogens with two attached hydrogens (primary N) is 1. The first-order valence-electron chi connectivity index (χ1n) is 8.46. The zero-order chi connectivity index (χ0) is 17.9. The molecule has 0 aromatic carbocycles. The van der Waals surface area contributed by atoms with E-state index in [2.05, 4.69) is 11.9 Å². The van der Waals surface area contributed by atoms with Crippen LogP contribution in [0.4, 0.5) is 5.69 Å². The number of anilines is 1. The SMILES string of the molecule is CCCCCCCCCCCOC(=O)c1nc(Cl)c(Cl)c(N)c1Cl. The lowest BCUT2D eigenvalue weighted by molar-refractivity contribution is 0.0491. The highest BCUT2D eigenvalue weighted by Gasteiger charge is 2.20. The topological polar surface area (TPSA) is 65.2 Å². The number of hydrogen-bond donors (Lipinski definition) is 1. The molecule has 0 bridgehead atoms. The van der Waals surface area contributed by atoms with E-state index in [9.17, 15) is 4.79 Å². The molecule has 136 valence electrons. The number of nitrogen functional groups attached to an aromatic ring is 1. The number of unbranched alkanes of at least 4 members (excludes halogenated alkanes) is 8. The lowest BCUT2D eigenvalue weighted by atomic mass is 10.1. The standard InChI is InChI=1S/C17H25Cl3N2O2/c1-2-3-4-5-6-7-8-9-10-11-24-17(23)15-12(18)14(21)13(19)16(20)22-15/h2-11H2,1H3,(H2,21,22). The molecule has 0 atom stereocenters. The minimum absolute atomic E-state index is 0.0264. The van der Waals surface area contributed by atoms with Gasteiger partial charge in [-0.1, -0.05) is 93.1 Å². The van der Waals surface area contributed by atoms with Crippen molar-refractivity contribution in [3.63, 3.8) is 0 Å². The van der Waals surface area contributed by atoms with Gasteiger partial charge in [-0.05, 0) is 6.42 Å². The predicted octanol–water partition coefficient (Wildman–Crippen LogP) is 6.31. The van der Waals surface area contributed by atoms with Crippen LogP contribution in [0.25, 0.3) is 0 Å². The molecule has 0 fully saturated rings. The summed E-state index contributed by atoms with van der Waals surface area (Å²) in [5.74, 6) is -0.634. The second-order valence-corrected chi connectivity index (χ2v) is 6.87. The Kier molecular flexibility index (Phi) is 10.5. The van der Waals surface area contributed by atoms with Crippen molar-refractivity contribution in [2.24, 2.45) is 0 Å². The van der Waals surface area contributed by atoms with Crippen molar-refractivity contribution < 1.29 is 9.53 Å². The molecule has 1 aromatic heterocycles. The van der Waals surface area contributed by atoms with Crippen molar-refractivity contribution >= 4 is 46.5 Å². The van der Waals surface area contributed by atoms with Gasteiger partial charge in [0.05, 0.1) is 17.3 Å². The van der Waals surface area contributed by atoms with Gasteiger partial charge >= 0.3 is 5.97 Å². The number of carbonyl (C=O) groups excluding carboxylic acids is 1. The number of halogens is 3. The fraction of sp³-hybridized carbons (Fsp3) is 0.647. The Bertz CT molecular complexity index is 539. The minimum atomic E-state index is -0.634. The average Bonchev–Trinajstić information content (AvgIpc) is 2.57. The summed E-state index contributed by atoms with van der Waals surface area (Å²) < 4.78 is 5.18. The highest BCUT2D eigenvalue weighted by molar-refractivity contribution is 6.46. The summed E-state index contributed by atoms with van der Waals surface area (Å²) in [6.45, 7) is 2.54.